The van der Waals surface area contributed by atoms with E-state index in [-0.39, 0.29) is 35.1 Å². The van der Waals surface area contributed by atoms with Gasteiger partial charge in [-0.15, -0.1) is 0 Å². The molecular formula is C48H56N12O4. The van der Waals surface area contributed by atoms with Crippen molar-refractivity contribution < 1.29 is 18.9 Å². The van der Waals surface area contributed by atoms with Gasteiger partial charge in [0.1, 0.15) is 0 Å². The van der Waals surface area contributed by atoms with Crippen LogP contribution in [0.5, 0.6) is 0 Å². The van der Waals surface area contributed by atoms with E-state index in [0.717, 1.165) is 115 Å². The van der Waals surface area contributed by atoms with E-state index in [1.54, 1.807) is 4.90 Å². The maximum Gasteiger partial charge on any atom is 0.328 e. The Balaban J connectivity index is 0.770. The minimum absolute atomic E-state index is 0.0195. The normalized spacial score (nSPS) is 17.2. The van der Waals surface area contributed by atoms with E-state index in [0.29, 0.717) is 30.4 Å². The molecule has 64 heavy (non-hydrogen) atoms. The first kappa shape index (κ1) is 42.6. The lowest BCUT2D eigenvalue weighted by atomic mass is 9.95. The van der Waals surface area contributed by atoms with Crippen LogP contribution >= 0.6 is 0 Å². The monoisotopic (exact) mass is 864 g/mol. The second kappa shape index (κ2) is 17.5. The van der Waals surface area contributed by atoms with Crippen molar-refractivity contribution in [1.29, 1.82) is 0 Å². The Bertz CT molecular complexity index is 2690. The van der Waals surface area contributed by atoms with Crippen molar-refractivity contribution >= 4 is 45.9 Å². The van der Waals surface area contributed by atoms with Gasteiger partial charge in [0.25, 0.3) is 11.7 Å². The SMILES string of the molecule is Cc1cc(-c2[nH]nc3ncc(-c4ccc(N5CCN(CC6CCN(c7ccc(N8CCC(=O)NC8=O)c(C)c7)CC6)CC5)cn4)cc23)ccc1[C@@H](C)NC(=O)c1noc(C(C)(C)C)n1. The number of nitrogens with zero attached hydrogens (tertiary/aromatic N) is 9. The fourth-order valence-corrected chi connectivity index (χ4v) is 9.14. The third-order valence-electron chi connectivity index (χ3n) is 12.9. The van der Waals surface area contributed by atoms with Crippen molar-refractivity contribution in [3.8, 4) is 22.5 Å². The molecule has 0 spiro atoms. The number of amides is 4. The molecule has 0 bridgehead atoms. The van der Waals surface area contributed by atoms with Crippen LogP contribution in [0.3, 0.4) is 0 Å². The zero-order valence-electron chi connectivity index (χ0n) is 37.4. The lowest BCUT2D eigenvalue weighted by molar-refractivity contribution is -0.120. The van der Waals surface area contributed by atoms with Crippen LogP contribution in [0.2, 0.25) is 0 Å². The zero-order valence-corrected chi connectivity index (χ0v) is 37.4. The number of carbonyl (C=O) groups is 3. The Morgan fingerprint density at radius 2 is 1.62 bits per heavy atom. The van der Waals surface area contributed by atoms with Gasteiger partial charge in [0.15, 0.2) is 5.65 Å². The summed E-state index contributed by atoms with van der Waals surface area (Å²) in [7, 11) is 0. The molecule has 3 fully saturated rings. The average Bonchev–Trinajstić information content (AvgIpc) is 3.96. The molecule has 9 rings (SSSR count). The van der Waals surface area contributed by atoms with Crippen LogP contribution in [-0.2, 0) is 10.2 Å². The molecule has 4 amide bonds. The molecule has 3 aliphatic rings. The Kier molecular flexibility index (Phi) is 11.6. The molecule has 0 radical (unpaired) electrons. The van der Waals surface area contributed by atoms with Gasteiger partial charge in [0.2, 0.25) is 11.8 Å². The predicted octanol–water partition coefficient (Wildman–Crippen LogP) is 6.96. The summed E-state index contributed by atoms with van der Waals surface area (Å²) in [6, 6.07) is 18.1. The standard InChI is InChI=1S/C48H56N12O4/c1-29-23-33(7-10-37(29)31(3)51-45(62)44-53-46(64-56-44)48(4,5)6)42-38-25-34(26-50-43(38)55-54-42)39-11-8-36(27-49-39)59-21-19-57(20-22-59)28-32-13-16-58(17-14-32)35-9-12-40(30(2)24-35)60-18-15-41(61)52-47(60)63/h7-12,23-27,31-32H,13-22,28H2,1-6H3,(H,51,62)(H,50,54,55)(H,52,61,63)/t31-/m1/s1. The lowest BCUT2D eigenvalue weighted by Crippen LogP contribution is -2.49. The first-order valence-corrected chi connectivity index (χ1v) is 22.3. The summed E-state index contributed by atoms with van der Waals surface area (Å²) < 4.78 is 5.32. The third-order valence-corrected chi connectivity index (χ3v) is 12.9. The number of aryl methyl sites for hydroxylation is 2. The topological polar surface area (TPSA) is 182 Å². The number of fused-ring (bicyclic) bond motifs is 1. The number of piperazine rings is 1. The van der Waals surface area contributed by atoms with Crippen LogP contribution in [0, 0.1) is 19.8 Å². The number of piperidine rings is 1. The number of pyridine rings is 2. The smallest absolute Gasteiger partial charge is 0.328 e. The second-order valence-corrected chi connectivity index (χ2v) is 18.5. The number of hydrogen-bond donors (Lipinski definition) is 3. The van der Waals surface area contributed by atoms with E-state index in [4.69, 9.17) is 9.51 Å². The number of aromatic amines is 1. The Morgan fingerprint density at radius 1 is 0.859 bits per heavy atom. The molecule has 0 unspecified atom stereocenters. The zero-order chi connectivity index (χ0) is 44.7. The highest BCUT2D eigenvalue weighted by Gasteiger charge is 2.29. The summed E-state index contributed by atoms with van der Waals surface area (Å²) in [4.78, 5) is 60.0. The van der Waals surface area contributed by atoms with Gasteiger partial charge in [-0.2, -0.15) is 10.1 Å². The largest absolute Gasteiger partial charge is 0.372 e. The Labute approximate surface area is 372 Å². The highest BCUT2D eigenvalue weighted by Crippen LogP contribution is 2.33. The maximum absolute atomic E-state index is 13.0. The molecule has 16 heteroatoms. The van der Waals surface area contributed by atoms with E-state index in [1.807, 2.05) is 72.1 Å². The van der Waals surface area contributed by atoms with E-state index in [1.165, 1.54) is 5.69 Å². The second-order valence-electron chi connectivity index (χ2n) is 18.5. The van der Waals surface area contributed by atoms with Crippen LogP contribution in [0.15, 0.2) is 71.5 Å². The molecule has 2 aromatic carbocycles. The van der Waals surface area contributed by atoms with Crippen LogP contribution in [-0.4, -0.2) is 105 Å². The van der Waals surface area contributed by atoms with Crippen molar-refractivity contribution in [2.45, 2.75) is 72.3 Å². The van der Waals surface area contributed by atoms with Gasteiger partial charge in [0.05, 0.1) is 29.3 Å². The Hall–Kier alpha value is -6.68. The van der Waals surface area contributed by atoms with Gasteiger partial charge in [-0.1, -0.05) is 38.1 Å². The number of urea groups is 1. The number of rotatable bonds is 10. The van der Waals surface area contributed by atoms with E-state index in [2.05, 4.69) is 87.1 Å². The van der Waals surface area contributed by atoms with Gasteiger partial charge in [-0.05, 0) is 98.7 Å². The molecule has 1 atom stereocenters. The quantitative estimate of drug-likeness (QED) is 0.129. The van der Waals surface area contributed by atoms with E-state index in [9.17, 15) is 14.4 Å². The highest BCUT2D eigenvalue weighted by molar-refractivity contribution is 6.06. The van der Waals surface area contributed by atoms with E-state index >= 15 is 0 Å². The fourth-order valence-electron chi connectivity index (χ4n) is 9.14. The molecule has 3 N–H and O–H groups in total. The maximum atomic E-state index is 13.0. The van der Waals surface area contributed by atoms with Gasteiger partial charge in [-0.25, -0.2) is 9.78 Å². The molecule has 4 aromatic heterocycles. The van der Waals surface area contributed by atoms with Gasteiger partial charge >= 0.3 is 6.03 Å². The summed E-state index contributed by atoms with van der Waals surface area (Å²) in [5.74, 6) is 0.496. The molecule has 16 nitrogen and oxygen atoms in total. The van der Waals surface area contributed by atoms with Crippen LogP contribution in [0.4, 0.5) is 21.9 Å². The fraction of sp³-hybridized carbons (Fsp3) is 0.417. The summed E-state index contributed by atoms with van der Waals surface area (Å²) in [5, 5.41) is 17.9. The number of anilines is 3. The molecule has 0 aliphatic carbocycles. The highest BCUT2D eigenvalue weighted by atomic mass is 16.5. The number of aromatic nitrogens is 6. The van der Waals surface area contributed by atoms with Crippen molar-refractivity contribution in [3.63, 3.8) is 0 Å². The van der Waals surface area contributed by atoms with Crippen molar-refractivity contribution in [2.75, 3.05) is 67.1 Å². The van der Waals surface area contributed by atoms with Crippen LogP contribution < -0.4 is 25.3 Å². The first-order valence-electron chi connectivity index (χ1n) is 22.3. The van der Waals surface area contributed by atoms with Gasteiger partial charge in [-0.3, -0.25) is 34.8 Å². The van der Waals surface area contributed by atoms with Crippen molar-refractivity contribution in [1.82, 2.24) is 45.8 Å². The third kappa shape index (κ3) is 8.91. The van der Waals surface area contributed by atoms with Crippen molar-refractivity contribution in [3.05, 3.63) is 95.4 Å². The lowest BCUT2D eigenvalue weighted by Gasteiger charge is -2.40. The number of hydrogen-bond acceptors (Lipinski definition) is 12. The number of imide groups is 1. The summed E-state index contributed by atoms with van der Waals surface area (Å²) in [5.41, 5.74) is 10.1. The minimum atomic E-state index is -0.387. The number of H-pyrrole nitrogens is 1. The summed E-state index contributed by atoms with van der Waals surface area (Å²) >= 11 is 0. The number of nitrogens with one attached hydrogen (secondary N) is 3. The Morgan fingerprint density at radius 3 is 2.31 bits per heavy atom. The minimum Gasteiger partial charge on any atom is -0.372 e. The predicted molar refractivity (Wildman–Crippen MR) is 246 cm³/mol. The molecule has 7 heterocycles. The van der Waals surface area contributed by atoms with E-state index < -0.39 is 0 Å². The van der Waals surface area contributed by atoms with Crippen LogP contribution in [0.25, 0.3) is 33.5 Å². The average molecular weight is 865 g/mol. The molecule has 6 aromatic rings. The molecule has 0 saturated carbocycles. The molecule has 3 saturated heterocycles. The summed E-state index contributed by atoms with van der Waals surface area (Å²) in [6.45, 7) is 19.4. The molecule has 3 aliphatic heterocycles. The summed E-state index contributed by atoms with van der Waals surface area (Å²) in [6.07, 6.45) is 6.42. The first-order chi connectivity index (χ1) is 30.8. The van der Waals surface area contributed by atoms with Gasteiger partial charge in [0, 0.05) is 98.3 Å². The van der Waals surface area contributed by atoms with Crippen LogP contribution in [0.1, 0.15) is 86.2 Å². The molecule has 332 valence electrons. The van der Waals surface area contributed by atoms with Crippen molar-refractivity contribution in [2.24, 2.45) is 5.92 Å². The number of benzene rings is 2. The molecular weight excluding hydrogens is 809 g/mol. The van der Waals surface area contributed by atoms with Gasteiger partial charge < -0.3 is 19.6 Å². The number of carbonyl (C=O) groups excluding carboxylic acids is 3.